The summed E-state index contributed by atoms with van der Waals surface area (Å²) >= 11 is 1.60. The number of rotatable bonds is 5. The first kappa shape index (κ1) is 14.1. The molecule has 0 bridgehead atoms. The molecule has 0 amide bonds. The number of aromatic nitrogens is 1. The van der Waals surface area contributed by atoms with Crippen molar-refractivity contribution in [3.05, 3.63) is 22.2 Å². The first-order valence-electron chi connectivity index (χ1n) is 6.34. The predicted octanol–water partition coefficient (Wildman–Crippen LogP) is 2.69. The van der Waals surface area contributed by atoms with Crippen LogP contribution in [0.3, 0.4) is 0 Å². The number of pyridine rings is 1. The zero-order valence-electron chi connectivity index (χ0n) is 10.8. The minimum absolute atomic E-state index is 0.0838. The highest BCUT2D eigenvalue weighted by Gasteiger charge is 2.18. The summed E-state index contributed by atoms with van der Waals surface area (Å²) in [6, 6.07) is 3.01. The van der Waals surface area contributed by atoms with Gasteiger partial charge in [0, 0.05) is 31.1 Å². The molecule has 1 aliphatic rings. The first-order chi connectivity index (χ1) is 9.19. The van der Waals surface area contributed by atoms with E-state index in [9.17, 15) is 10.1 Å². The molecule has 0 saturated carbocycles. The van der Waals surface area contributed by atoms with Crippen LogP contribution in [0.1, 0.15) is 19.8 Å². The van der Waals surface area contributed by atoms with Crippen LogP contribution < -0.4 is 5.32 Å². The Bertz CT molecular complexity index is 450. The van der Waals surface area contributed by atoms with E-state index in [0.717, 1.165) is 26.1 Å². The van der Waals surface area contributed by atoms with Crippen molar-refractivity contribution in [3.8, 4) is 0 Å². The van der Waals surface area contributed by atoms with Gasteiger partial charge < -0.3 is 10.1 Å². The zero-order valence-corrected chi connectivity index (χ0v) is 11.6. The van der Waals surface area contributed by atoms with Crippen LogP contribution in [0, 0.1) is 10.1 Å². The second-order valence-electron chi connectivity index (χ2n) is 4.27. The van der Waals surface area contributed by atoms with Crippen molar-refractivity contribution in [1.29, 1.82) is 0 Å². The summed E-state index contributed by atoms with van der Waals surface area (Å²) in [4.78, 5) is 15.0. The summed E-state index contributed by atoms with van der Waals surface area (Å²) in [6.45, 7) is 4.14. The Labute approximate surface area is 116 Å². The minimum Gasteiger partial charge on any atom is -0.381 e. The summed E-state index contributed by atoms with van der Waals surface area (Å²) in [5.41, 5.74) is 0.0838. The molecule has 1 aliphatic heterocycles. The maximum atomic E-state index is 10.9. The highest BCUT2D eigenvalue weighted by Crippen LogP contribution is 2.31. The normalized spacial score (nSPS) is 16.3. The van der Waals surface area contributed by atoms with Crippen molar-refractivity contribution < 1.29 is 9.66 Å². The maximum absolute atomic E-state index is 10.9. The highest BCUT2D eigenvalue weighted by atomic mass is 32.2. The van der Waals surface area contributed by atoms with E-state index < -0.39 is 0 Å². The quantitative estimate of drug-likeness (QED) is 0.661. The molecular formula is C12H17N3O3S. The molecule has 1 aromatic rings. The van der Waals surface area contributed by atoms with Crippen LogP contribution in [0.25, 0.3) is 0 Å². The first-order valence-corrected chi connectivity index (χ1v) is 7.21. The standard InChI is InChI=1S/C12H17N3O3S/c1-2-13-11-7-9(15(16)17)8-12(14-11)19-10-3-5-18-6-4-10/h7-8,10H,2-6H2,1H3,(H,13,14). The van der Waals surface area contributed by atoms with Crippen molar-refractivity contribution in [2.75, 3.05) is 25.1 Å². The average molecular weight is 283 g/mol. The number of thioether (sulfide) groups is 1. The molecule has 0 aromatic carbocycles. The number of nitrogens with one attached hydrogen (secondary N) is 1. The predicted molar refractivity (Wildman–Crippen MR) is 74.8 cm³/mol. The van der Waals surface area contributed by atoms with Crippen molar-refractivity contribution in [2.45, 2.75) is 30.0 Å². The Morgan fingerprint density at radius 2 is 2.26 bits per heavy atom. The monoisotopic (exact) mass is 283 g/mol. The van der Waals surface area contributed by atoms with Crippen molar-refractivity contribution >= 4 is 23.3 Å². The van der Waals surface area contributed by atoms with Gasteiger partial charge in [0.25, 0.3) is 5.69 Å². The van der Waals surface area contributed by atoms with Gasteiger partial charge in [0.1, 0.15) is 10.8 Å². The summed E-state index contributed by atoms with van der Waals surface area (Å²) < 4.78 is 5.31. The van der Waals surface area contributed by atoms with E-state index in [0.29, 0.717) is 22.6 Å². The van der Waals surface area contributed by atoms with Gasteiger partial charge in [-0.2, -0.15) is 0 Å². The SMILES string of the molecule is CCNc1cc([N+](=O)[O-])cc(SC2CCOCC2)n1. The number of nitrogens with zero attached hydrogens (tertiary/aromatic N) is 2. The second kappa shape index (κ2) is 6.72. The lowest BCUT2D eigenvalue weighted by Gasteiger charge is -2.21. The van der Waals surface area contributed by atoms with E-state index in [4.69, 9.17) is 4.74 Å². The maximum Gasteiger partial charge on any atom is 0.275 e. The minimum atomic E-state index is -0.378. The molecule has 2 heterocycles. The van der Waals surface area contributed by atoms with Crippen LogP contribution in [-0.2, 0) is 4.74 Å². The van der Waals surface area contributed by atoms with Gasteiger partial charge in [-0.05, 0) is 19.8 Å². The van der Waals surface area contributed by atoms with Crippen LogP contribution in [0.4, 0.5) is 11.5 Å². The molecule has 6 nitrogen and oxygen atoms in total. The number of anilines is 1. The lowest BCUT2D eigenvalue weighted by molar-refractivity contribution is -0.385. The van der Waals surface area contributed by atoms with Gasteiger partial charge in [-0.1, -0.05) is 0 Å². The van der Waals surface area contributed by atoms with Crippen molar-refractivity contribution in [2.24, 2.45) is 0 Å². The molecule has 0 aliphatic carbocycles. The van der Waals surface area contributed by atoms with E-state index in [1.165, 1.54) is 6.07 Å². The summed E-state index contributed by atoms with van der Waals surface area (Å²) in [5, 5.41) is 15.1. The highest BCUT2D eigenvalue weighted by molar-refractivity contribution is 7.99. The third-order valence-corrected chi connectivity index (χ3v) is 4.07. The van der Waals surface area contributed by atoms with Gasteiger partial charge in [0.2, 0.25) is 0 Å². The van der Waals surface area contributed by atoms with E-state index in [-0.39, 0.29) is 10.6 Å². The van der Waals surface area contributed by atoms with Crippen LogP contribution in [0.5, 0.6) is 0 Å². The Morgan fingerprint density at radius 3 is 2.89 bits per heavy atom. The molecule has 1 N–H and O–H groups in total. The van der Waals surface area contributed by atoms with Gasteiger partial charge in [0.05, 0.1) is 11.0 Å². The topological polar surface area (TPSA) is 77.3 Å². The van der Waals surface area contributed by atoms with Gasteiger partial charge in [-0.25, -0.2) is 4.98 Å². The Hall–Kier alpha value is -1.34. The molecule has 0 radical (unpaired) electrons. The van der Waals surface area contributed by atoms with E-state index >= 15 is 0 Å². The van der Waals surface area contributed by atoms with Gasteiger partial charge in [0.15, 0.2) is 0 Å². The van der Waals surface area contributed by atoms with Crippen LogP contribution >= 0.6 is 11.8 Å². The molecule has 0 spiro atoms. The largest absolute Gasteiger partial charge is 0.381 e. The number of hydrogen-bond acceptors (Lipinski definition) is 6. The molecule has 1 fully saturated rings. The fraction of sp³-hybridized carbons (Fsp3) is 0.583. The molecule has 1 aromatic heterocycles. The van der Waals surface area contributed by atoms with Crippen LogP contribution in [0.2, 0.25) is 0 Å². The number of ether oxygens (including phenoxy) is 1. The fourth-order valence-electron chi connectivity index (χ4n) is 1.89. The molecule has 19 heavy (non-hydrogen) atoms. The lowest BCUT2D eigenvalue weighted by Crippen LogP contribution is -2.17. The summed E-state index contributed by atoms with van der Waals surface area (Å²) in [7, 11) is 0. The molecular weight excluding hydrogens is 266 g/mol. The van der Waals surface area contributed by atoms with Crippen LogP contribution in [0.15, 0.2) is 17.2 Å². The molecule has 0 unspecified atom stereocenters. The van der Waals surface area contributed by atoms with E-state index in [2.05, 4.69) is 10.3 Å². The van der Waals surface area contributed by atoms with Crippen molar-refractivity contribution in [3.63, 3.8) is 0 Å². The van der Waals surface area contributed by atoms with E-state index in [1.54, 1.807) is 17.8 Å². The average Bonchev–Trinajstić information content (AvgIpc) is 2.40. The van der Waals surface area contributed by atoms with Crippen molar-refractivity contribution in [1.82, 2.24) is 4.98 Å². The van der Waals surface area contributed by atoms with E-state index in [1.807, 2.05) is 6.92 Å². The van der Waals surface area contributed by atoms with Gasteiger partial charge in [-0.15, -0.1) is 11.8 Å². The Kier molecular flexibility index (Phi) is 4.98. The Morgan fingerprint density at radius 1 is 1.53 bits per heavy atom. The van der Waals surface area contributed by atoms with Crippen LogP contribution in [-0.4, -0.2) is 34.9 Å². The smallest absolute Gasteiger partial charge is 0.275 e. The fourth-order valence-corrected chi connectivity index (χ4v) is 3.00. The molecule has 7 heteroatoms. The molecule has 2 rings (SSSR count). The summed E-state index contributed by atoms with van der Waals surface area (Å²) in [6.07, 6.45) is 1.93. The Balaban J connectivity index is 2.15. The summed E-state index contributed by atoms with van der Waals surface area (Å²) in [5.74, 6) is 0.561. The molecule has 104 valence electrons. The second-order valence-corrected chi connectivity index (χ2v) is 5.59. The third-order valence-electron chi connectivity index (χ3n) is 2.81. The molecule has 0 atom stereocenters. The number of hydrogen-bond donors (Lipinski definition) is 1. The molecule has 1 saturated heterocycles. The van der Waals surface area contributed by atoms with Gasteiger partial charge >= 0.3 is 0 Å². The third kappa shape index (κ3) is 4.07. The van der Waals surface area contributed by atoms with Gasteiger partial charge in [-0.3, -0.25) is 10.1 Å². The lowest BCUT2D eigenvalue weighted by atomic mass is 10.2. The zero-order chi connectivity index (χ0) is 13.7. The number of nitro groups is 1.